The molecular formula is C12H20N4O3S2. The van der Waals surface area contributed by atoms with Gasteiger partial charge in [0.1, 0.15) is 0 Å². The number of urea groups is 1. The Morgan fingerprint density at radius 3 is 2.48 bits per heavy atom. The van der Waals surface area contributed by atoms with E-state index in [9.17, 15) is 13.2 Å². The number of amides is 2. The number of piperazine rings is 1. The molecule has 0 aliphatic carbocycles. The van der Waals surface area contributed by atoms with Crippen LogP contribution >= 0.6 is 11.3 Å². The maximum absolute atomic E-state index is 12.0. The molecule has 9 heteroatoms. The lowest BCUT2D eigenvalue weighted by Crippen LogP contribution is -2.54. The van der Waals surface area contributed by atoms with Crippen LogP contribution in [0.4, 0.5) is 10.5 Å². The molecule has 2 N–H and O–H groups in total. The van der Waals surface area contributed by atoms with Gasteiger partial charge in [0.2, 0.25) is 0 Å². The van der Waals surface area contributed by atoms with Crippen molar-refractivity contribution in [3.05, 3.63) is 16.8 Å². The number of nitrogens with zero attached hydrogens (tertiary/aromatic N) is 2. The predicted octanol–water partition coefficient (Wildman–Crippen LogP) is 1.14. The SMILES string of the molecule is CC(C)NS(=O)(=O)N1CCN(C(=O)Nc2ccsc2)CC1. The average Bonchev–Trinajstić information content (AvgIpc) is 2.90. The van der Waals surface area contributed by atoms with Gasteiger partial charge in [-0.05, 0) is 25.3 Å². The zero-order chi connectivity index (χ0) is 15.5. The van der Waals surface area contributed by atoms with Crippen molar-refractivity contribution < 1.29 is 13.2 Å². The highest BCUT2D eigenvalue weighted by atomic mass is 32.2. The third kappa shape index (κ3) is 4.40. The summed E-state index contributed by atoms with van der Waals surface area (Å²) in [6.45, 7) is 4.94. The van der Waals surface area contributed by atoms with E-state index in [4.69, 9.17) is 0 Å². The van der Waals surface area contributed by atoms with E-state index in [2.05, 4.69) is 10.0 Å². The fourth-order valence-corrected chi connectivity index (χ4v) is 4.02. The molecule has 21 heavy (non-hydrogen) atoms. The lowest BCUT2D eigenvalue weighted by molar-refractivity contribution is 0.183. The van der Waals surface area contributed by atoms with Gasteiger partial charge in [0.25, 0.3) is 10.2 Å². The normalized spacial score (nSPS) is 17.2. The third-order valence-electron chi connectivity index (χ3n) is 3.02. The van der Waals surface area contributed by atoms with Crippen LogP contribution in [0.2, 0.25) is 0 Å². The van der Waals surface area contributed by atoms with E-state index in [1.54, 1.807) is 18.7 Å². The van der Waals surface area contributed by atoms with E-state index in [1.165, 1.54) is 15.6 Å². The van der Waals surface area contributed by atoms with Crippen molar-refractivity contribution in [2.75, 3.05) is 31.5 Å². The first-order chi connectivity index (χ1) is 9.88. The van der Waals surface area contributed by atoms with Gasteiger partial charge in [0, 0.05) is 37.6 Å². The minimum absolute atomic E-state index is 0.144. The van der Waals surface area contributed by atoms with Crippen LogP contribution < -0.4 is 10.0 Å². The molecule has 7 nitrogen and oxygen atoms in total. The molecule has 118 valence electrons. The molecule has 0 unspecified atom stereocenters. The van der Waals surface area contributed by atoms with E-state index in [-0.39, 0.29) is 12.1 Å². The molecule has 2 amide bonds. The van der Waals surface area contributed by atoms with Crippen LogP contribution in [0.25, 0.3) is 0 Å². The Morgan fingerprint density at radius 1 is 1.29 bits per heavy atom. The molecular weight excluding hydrogens is 312 g/mol. The number of anilines is 1. The van der Waals surface area contributed by atoms with Crippen molar-refractivity contribution in [3.63, 3.8) is 0 Å². The number of carbonyl (C=O) groups excluding carboxylic acids is 1. The lowest BCUT2D eigenvalue weighted by Gasteiger charge is -2.34. The number of rotatable bonds is 4. The summed E-state index contributed by atoms with van der Waals surface area (Å²) in [5.74, 6) is 0. The summed E-state index contributed by atoms with van der Waals surface area (Å²) < 4.78 is 28.0. The fourth-order valence-electron chi connectivity index (χ4n) is 2.04. The van der Waals surface area contributed by atoms with Crippen molar-refractivity contribution in [1.29, 1.82) is 0 Å². The van der Waals surface area contributed by atoms with Gasteiger partial charge in [-0.3, -0.25) is 0 Å². The second-order valence-corrected chi connectivity index (χ2v) is 7.59. The molecule has 2 rings (SSSR count). The molecule has 1 aliphatic rings. The van der Waals surface area contributed by atoms with E-state index in [0.717, 1.165) is 5.69 Å². The number of hydrogen-bond acceptors (Lipinski definition) is 4. The molecule has 0 aromatic carbocycles. The van der Waals surface area contributed by atoms with E-state index in [1.807, 2.05) is 16.8 Å². The summed E-state index contributed by atoms with van der Waals surface area (Å²) in [5, 5.41) is 6.53. The van der Waals surface area contributed by atoms with Gasteiger partial charge >= 0.3 is 6.03 Å². The van der Waals surface area contributed by atoms with Crippen molar-refractivity contribution in [1.82, 2.24) is 13.9 Å². The highest BCUT2D eigenvalue weighted by Gasteiger charge is 2.29. The predicted molar refractivity (Wildman–Crippen MR) is 83.7 cm³/mol. The molecule has 0 spiro atoms. The van der Waals surface area contributed by atoms with Crippen LogP contribution in [-0.4, -0.2) is 55.9 Å². The minimum Gasteiger partial charge on any atom is -0.322 e. The molecule has 1 fully saturated rings. The fraction of sp³-hybridized carbons (Fsp3) is 0.583. The molecule has 0 bridgehead atoms. The third-order valence-corrected chi connectivity index (χ3v) is 5.52. The summed E-state index contributed by atoms with van der Waals surface area (Å²) in [4.78, 5) is 13.7. The van der Waals surface area contributed by atoms with Gasteiger partial charge in [-0.25, -0.2) is 4.79 Å². The number of hydrogen-bond donors (Lipinski definition) is 2. The second kappa shape index (κ2) is 6.73. The van der Waals surface area contributed by atoms with E-state index < -0.39 is 10.2 Å². The van der Waals surface area contributed by atoms with E-state index in [0.29, 0.717) is 26.2 Å². The maximum Gasteiger partial charge on any atom is 0.321 e. The second-order valence-electron chi connectivity index (χ2n) is 5.11. The molecule has 0 atom stereocenters. The molecule has 0 radical (unpaired) electrons. The van der Waals surface area contributed by atoms with Crippen molar-refractivity contribution in [2.45, 2.75) is 19.9 Å². The summed E-state index contributed by atoms with van der Waals surface area (Å²) in [6.07, 6.45) is 0. The number of thiophene rings is 1. The number of nitrogens with one attached hydrogen (secondary N) is 2. The molecule has 1 aliphatic heterocycles. The number of carbonyl (C=O) groups is 1. The van der Waals surface area contributed by atoms with Gasteiger partial charge in [-0.1, -0.05) is 0 Å². The monoisotopic (exact) mass is 332 g/mol. The lowest BCUT2D eigenvalue weighted by atomic mass is 10.4. The molecule has 1 aromatic heterocycles. The molecule has 1 saturated heterocycles. The van der Waals surface area contributed by atoms with Gasteiger partial charge in [-0.15, -0.1) is 0 Å². The standard InChI is InChI=1S/C12H20N4O3S2/c1-10(2)14-21(18,19)16-6-4-15(5-7-16)12(17)13-11-3-8-20-9-11/h3,8-10,14H,4-7H2,1-2H3,(H,13,17). The van der Waals surface area contributed by atoms with Crippen molar-refractivity contribution in [2.24, 2.45) is 0 Å². The highest BCUT2D eigenvalue weighted by molar-refractivity contribution is 7.87. The van der Waals surface area contributed by atoms with Gasteiger partial charge in [0.15, 0.2) is 0 Å². The Bertz CT molecular complexity index is 563. The Balaban J connectivity index is 1.87. The van der Waals surface area contributed by atoms with Gasteiger partial charge < -0.3 is 10.2 Å². The van der Waals surface area contributed by atoms with Crippen LogP contribution in [-0.2, 0) is 10.2 Å². The van der Waals surface area contributed by atoms with Gasteiger partial charge in [0.05, 0.1) is 5.69 Å². The Kier molecular flexibility index (Phi) is 5.20. The summed E-state index contributed by atoms with van der Waals surface area (Å²) >= 11 is 1.51. The van der Waals surface area contributed by atoms with Crippen LogP contribution in [0, 0.1) is 0 Å². The highest BCUT2D eigenvalue weighted by Crippen LogP contribution is 2.14. The molecule has 0 saturated carbocycles. The first-order valence-corrected chi connectivity index (χ1v) is 9.12. The Labute approximate surface area is 129 Å². The topological polar surface area (TPSA) is 81.8 Å². The largest absolute Gasteiger partial charge is 0.322 e. The Hall–Kier alpha value is -1.16. The Morgan fingerprint density at radius 2 is 1.95 bits per heavy atom. The first kappa shape index (κ1) is 16.2. The van der Waals surface area contributed by atoms with Gasteiger partial charge in [-0.2, -0.15) is 28.8 Å². The van der Waals surface area contributed by atoms with Crippen LogP contribution in [0.1, 0.15) is 13.8 Å². The summed E-state index contributed by atoms with van der Waals surface area (Å²) in [6, 6.07) is 1.49. The van der Waals surface area contributed by atoms with Crippen LogP contribution in [0.5, 0.6) is 0 Å². The van der Waals surface area contributed by atoms with Crippen LogP contribution in [0.3, 0.4) is 0 Å². The summed E-state index contributed by atoms with van der Waals surface area (Å²) in [5.41, 5.74) is 0.765. The van der Waals surface area contributed by atoms with E-state index >= 15 is 0 Å². The zero-order valence-corrected chi connectivity index (χ0v) is 13.7. The molecule has 1 aromatic rings. The first-order valence-electron chi connectivity index (χ1n) is 6.74. The van der Waals surface area contributed by atoms with Crippen molar-refractivity contribution in [3.8, 4) is 0 Å². The maximum atomic E-state index is 12.0. The summed E-state index contributed by atoms with van der Waals surface area (Å²) in [7, 11) is -3.46. The average molecular weight is 332 g/mol. The molecule has 2 heterocycles. The zero-order valence-electron chi connectivity index (χ0n) is 12.1. The smallest absolute Gasteiger partial charge is 0.321 e. The van der Waals surface area contributed by atoms with Crippen molar-refractivity contribution >= 4 is 33.3 Å². The quantitative estimate of drug-likeness (QED) is 0.867. The minimum atomic E-state index is -3.46. The van der Waals surface area contributed by atoms with Crippen LogP contribution in [0.15, 0.2) is 16.8 Å².